The van der Waals surface area contributed by atoms with Crippen molar-refractivity contribution >= 4 is 81.4 Å². The topological polar surface area (TPSA) is 112 Å². The minimum absolute atomic E-state index is 0. The first-order valence-corrected chi connectivity index (χ1v) is 11.1. The fourth-order valence-electron chi connectivity index (χ4n) is 2.65. The van der Waals surface area contributed by atoms with E-state index in [1.54, 1.807) is 0 Å². The third-order valence-corrected chi connectivity index (χ3v) is 3.99. The van der Waals surface area contributed by atoms with Gasteiger partial charge in [0.1, 0.15) is 0 Å². The van der Waals surface area contributed by atoms with Crippen LogP contribution >= 0.6 is 0 Å². The summed E-state index contributed by atoms with van der Waals surface area (Å²) in [5.74, 6) is -0.653. The summed E-state index contributed by atoms with van der Waals surface area (Å²) >= 11 is 0. The average molecular weight is 634 g/mol. The fraction of sp³-hybridized carbons (Fsp3) is 0.944. The quantitative estimate of drug-likeness (QED) is 0.135. The van der Waals surface area contributed by atoms with Gasteiger partial charge in [-0.05, 0) is 6.42 Å². The van der Waals surface area contributed by atoms with E-state index in [-0.39, 0.29) is 65.0 Å². The molecule has 0 aromatic heterocycles. The van der Waals surface area contributed by atoms with Gasteiger partial charge in [0.05, 0.1) is 0 Å². The third-order valence-electron chi connectivity index (χ3n) is 3.99. The molecule has 27 heavy (non-hydrogen) atoms. The van der Waals surface area contributed by atoms with Crippen molar-refractivity contribution in [3.05, 3.63) is 0 Å². The Morgan fingerprint density at radius 3 is 1.11 bits per heavy atom. The average Bonchev–Trinajstić information content (AvgIpc) is 2.49. The number of rotatable bonds is 16. The zero-order valence-corrected chi connectivity index (χ0v) is 22.8. The summed E-state index contributed by atoms with van der Waals surface area (Å²) in [6.07, 6.45) is 20.2. The molecule has 3 N–H and O–H groups in total. The summed E-state index contributed by atoms with van der Waals surface area (Å²) in [5.41, 5.74) is 0. The predicted molar refractivity (Wildman–Crippen MR) is 118 cm³/mol. The van der Waals surface area contributed by atoms with Crippen LogP contribution in [0.2, 0.25) is 0 Å². The predicted octanol–water partition coefficient (Wildman–Crippen LogP) is 3.85. The monoisotopic (exact) mass is 634 g/mol. The van der Waals surface area contributed by atoms with E-state index in [1.807, 2.05) is 0 Å². The first-order valence-electron chi connectivity index (χ1n) is 9.69. The summed E-state index contributed by atoms with van der Waals surface area (Å²) in [5, 5.41) is 8.52. The van der Waals surface area contributed by atoms with E-state index in [2.05, 4.69) is 6.92 Å². The third kappa shape index (κ3) is 52.3. The van der Waals surface area contributed by atoms with Crippen molar-refractivity contribution in [3.8, 4) is 0 Å². The van der Waals surface area contributed by atoms with E-state index >= 15 is 0 Å². The van der Waals surface area contributed by atoms with Crippen LogP contribution in [-0.2, 0) is 15.2 Å². The summed E-state index contributed by atoms with van der Waals surface area (Å²) in [7, 11) is -4.67. The molecular formula is C18H42CaO6PbS. The maximum absolute atomic E-state index is 10.3. The van der Waals surface area contributed by atoms with E-state index in [0.717, 1.165) is 12.8 Å². The summed E-state index contributed by atoms with van der Waals surface area (Å²) in [6.45, 7) is 2.27. The Labute approximate surface area is 216 Å². The van der Waals surface area contributed by atoms with Crippen LogP contribution in [-0.4, -0.2) is 93.6 Å². The van der Waals surface area contributed by atoms with Gasteiger partial charge in [-0.2, -0.15) is 8.42 Å². The Hall–Kier alpha value is 1.52. The van der Waals surface area contributed by atoms with E-state index in [9.17, 15) is 4.79 Å². The van der Waals surface area contributed by atoms with Crippen molar-refractivity contribution < 1.29 is 27.4 Å². The van der Waals surface area contributed by atoms with Crippen molar-refractivity contribution in [3.63, 3.8) is 0 Å². The molecular weight excluding hydrogens is 592 g/mol. The van der Waals surface area contributed by atoms with E-state index in [0.29, 0.717) is 6.42 Å². The van der Waals surface area contributed by atoms with Crippen molar-refractivity contribution in [2.24, 2.45) is 0 Å². The van der Waals surface area contributed by atoms with E-state index in [4.69, 9.17) is 22.6 Å². The summed E-state index contributed by atoms with van der Waals surface area (Å²) < 4.78 is 31.6. The molecule has 0 heterocycles. The van der Waals surface area contributed by atoms with Crippen LogP contribution < -0.4 is 0 Å². The standard InChI is InChI=1S/C18H36O2.Ca.H2O4S.Pb.4H/c1-2-3-4-5-6-7-8-9-10-11-12-13-14-15-16-17-18(19)20;;1-5(2,3)4;;;;;/h2-17H2,1H3,(H,19,20);;(H2,1,2,3,4);;;;;. The van der Waals surface area contributed by atoms with Crippen LogP contribution in [0.5, 0.6) is 0 Å². The van der Waals surface area contributed by atoms with Gasteiger partial charge in [-0.3, -0.25) is 13.9 Å². The zero-order chi connectivity index (χ0) is 19.4. The molecule has 0 aliphatic rings. The molecule has 0 amide bonds. The molecule has 0 saturated carbocycles. The van der Waals surface area contributed by atoms with Gasteiger partial charge >= 0.3 is 81.4 Å². The first-order chi connectivity index (χ1) is 11.8. The van der Waals surface area contributed by atoms with Gasteiger partial charge in [0.2, 0.25) is 0 Å². The maximum atomic E-state index is 10.3. The molecule has 0 rings (SSSR count). The SMILES string of the molecule is CCCCCCCCCCCCCCCCCC(=O)O.O=S(=O)(O)O.[CaH2].[PbH2]. The van der Waals surface area contributed by atoms with Gasteiger partial charge in [0, 0.05) is 6.42 Å². The molecule has 162 valence electrons. The molecule has 0 bridgehead atoms. The molecule has 0 aromatic rings. The van der Waals surface area contributed by atoms with Crippen LogP contribution in [0.25, 0.3) is 0 Å². The van der Waals surface area contributed by atoms with Gasteiger partial charge in [-0.1, -0.05) is 96.8 Å². The first kappa shape index (κ1) is 35.9. The molecule has 2 radical (unpaired) electrons. The van der Waals surface area contributed by atoms with Crippen molar-refractivity contribution in [1.82, 2.24) is 0 Å². The second kappa shape index (κ2) is 27.5. The normalized spacial score (nSPS) is 10.2. The summed E-state index contributed by atoms with van der Waals surface area (Å²) in [4.78, 5) is 10.3. The Kier molecular flexibility index (Phi) is 36.6. The molecule has 0 aliphatic heterocycles. The van der Waals surface area contributed by atoms with Gasteiger partial charge in [0.25, 0.3) is 0 Å². The van der Waals surface area contributed by atoms with E-state index < -0.39 is 16.4 Å². The van der Waals surface area contributed by atoms with Gasteiger partial charge in [-0.25, -0.2) is 0 Å². The molecule has 0 saturated heterocycles. The van der Waals surface area contributed by atoms with Crippen LogP contribution in [0.3, 0.4) is 0 Å². The number of aliphatic carboxylic acids is 1. The number of carboxylic acid groups (broad SMARTS) is 1. The Balaban J connectivity index is -0.000000333. The van der Waals surface area contributed by atoms with Crippen LogP contribution in [0.1, 0.15) is 110 Å². The van der Waals surface area contributed by atoms with Crippen molar-refractivity contribution in [2.75, 3.05) is 0 Å². The Bertz CT molecular complexity index is 385. The number of carbonyl (C=O) groups is 1. The molecule has 0 fully saturated rings. The molecule has 0 spiro atoms. The number of carboxylic acids is 1. The van der Waals surface area contributed by atoms with E-state index in [1.165, 1.54) is 83.5 Å². The number of hydrogen-bond donors (Lipinski definition) is 3. The molecule has 0 atom stereocenters. The number of unbranched alkanes of at least 4 members (excludes halogenated alkanes) is 14. The van der Waals surface area contributed by atoms with Gasteiger partial charge in [-0.15, -0.1) is 0 Å². The van der Waals surface area contributed by atoms with Crippen molar-refractivity contribution in [2.45, 2.75) is 110 Å². The van der Waals surface area contributed by atoms with Crippen molar-refractivity contribution in [1.29, 1.82) is 0 Å². The van der Waals surface area contributed by atoms with Crippen LogP contribution in [0.4, 0.5) is 0 Å². The van der Waals surface area contributed by atoms with Gasteiger partial charge < -0.3 is 5.11 Å². The fourth-order valence-corrected chi connectivity index (χ4v) is 2.65. The Morgan fingerprint density at radius 1 is 0.667 bits per heavy atom. The molecule has 9 heteroatoms. The second-order valence-corrected chi connectivity index (χ2v) is 7.44. The molecule has 0 aliphatic carbocycles. The molecule has 6 nitrogen and oxygen atoms in total. The molecule has 0 unspecified atom stereocenters. The Morgan fingerprint density at radius 2 is 0.889 bits per heavy atom. The molecule has 0 aromatic carbocycles. The van der Waals surface area contributed by atoms with Gasteiger partial charge in [0.15, 0.2) is 0 Å². The minimum atomic E-state index is -4.67. The summed E-state index contributed by atoms with van der Waals surface area (Å²) in [6, 6.07) is 0. The second-order valence-electron chi connectivity index (χ2n) is 6.54. The zero-order valence-electron chi connectivity index (χ0n) is 16.5. The van der Waals surface area contributed by atoms with Crippen LogP contribution in [0.15, 0.2) is 0 Å². The van der Waals surface area contributed by atoms with Crippen LogP contribution in [0, 0.1) is 0 Å². The number of hydrogen-bond acceptors (Lipinski definition) is 3.